The smallest absolute Gasteiger partial charge is 0.245 e. The molecule has 0 aliphatic carbocycles. The zero-order chi connectivity index (χ0) is 14.2. The third-order valence-electron chi connectivity index (χ3n) is 4.24. The highest BCUT2D eigenvalue weighted by Crippen LogP contribution is 2.31. The molecular formula is C16H17N3OS. The number of carbonyl (C=O) groups excluding carboxylic acids is 1. The van der Waals surface area contributed by atoms with Crippen LogP contribution in [0.3, 0.4) is 0 Å². The van der Waals surface area contributed by atoms with Crippen molar-refractivity contribution in [3.8, 4) is 0 Å². The Morgan fingerprint density at radius 3 is 2.95 bits per heavy atom. The Hall–Kier alpha value is -1.69. The van der Waals surface area contributed by atoms with Gasteiger partial charge in [-0.05, 0) is 35.9 Å². The normalized spacial score (nSPS) is 24.3. The van der Waals surface area contributed by atoms with Crippen molar-refractivity contribution in [2.75, 3.05) is 11.4 Å². The van der Waals surface area contributed by atoms with E-state index in [1.807, 2.05) is 29.2 Å². The van der Waals surface area contributed by atoms with Crippen LogP contribution in [0.2, 0.25) is 0 Å². The fourth-order valence-corrected chi connectivity index (χ4v) is 3.94. The van der Waals surface area contributed by atoms with E-state index < -0.39 is 0 Å². The Kier molecular flexibility index (Phi) is 3.25. The van der Waals surface area contributed by atoms with Gasteiger partial charge >= 0.3 is 0 Å². The van der Waals surface area contributed by atoms with Crippen molar-refractivity contribution in [1.29, 1.82) is 0 Å². The van der Waals surface area contributed by atoms with E-state index in [1.165, 1.54) is 10.4 Å². The molecule has 2 unspecified atom stereocenters. The zero-order valence-electron chi connectivity index (χ0n) is 11.6. The van der Waals surface area contributed by atoms with Crippen molar-refractivity contribution in [3.63, 3.8) is 0 Å². The molecule has 108 valence electrons. The van der Waals surface area contributed by atoms with Crippen LogP contribution in [0, 0.1) is 0 Å². The van der Waals surface area contributed by atoms with Crippen molar-refractivity contribution in [2.45, 2.75) is 24.9 Å². The van der Waals surface area contributed by atoms with Gasteiger partial charge in [-0.2, -0.15) is 0 Å². The van der Waals surface area contributed by atoms with Gasteiger partial charge in [0.05, 0.1) is 6.04 Å². The van der Waals surface area contributed by atoms with E-state index in [9.17, 15) is 4.79 Å². The molecule has 2 aromatic rings. The van der Waals surface area contributed by atoms with Crippen LogP contribution >= 0.6 is 11.3 Å². The minimum Gasteiger partial charge on any atom is -0.310 e. The maximum Gasteiger partial charge on any atom is 0.245 e. The second-order valence-electron chi connectivity index (χ2n) is 5.51. The van der Waals surface area contributed by atoms with Crippen molar-refractivity contribution in [3.05, 3.63) is 52.2 Å². The summed E-state index contributed by atoms with van der Waals surface area (Å²) in [5, 5.41) is 2.07. The summed E-state index contributed by atoms with van der Waals surface area (Å²) in [4.78, 5) is 16.0. The molecule has 1 fully saturated rings. The first kappa shape index (κ1) is 13.0. The van der Waals surface area contributed by atoms with Gasteiger partial charge in [-0.1, -0.05) is 24.3 Å². The molecule has 0 bridgehead atoms. The van der Waals surface area contributed by atoms with E-state index in [0.717, 1.165) is 25.1 Å². The van der Waals surface area contributed by atoms with Crippen LogP contribution in [0.1, 0.15) is 22.9 Å². The number of thiophene rings is 1. The number of anilines is 1. The van der Waals surface area contributed by atoms with Crippen LogP contribution in [-0.4, -0.2) is 18.5 Å². The minimum absolute atomic E-state index is 0.150. The summed E-state index contributed by atoms with van der Waals surface area (Å²) < 4.78 is 0. The van der Waals surface area contributed by atoms with Crippen molar-refractivity contribution in [2.24, 2.45) is 0 Å². The first-order chi connectivity index (χ1) is 10.3. The third-order valence-corrected chi connectivity index (χ3v) is 5.23. The summed E-state index contributed by atoms with van der Waals surface area (Å²) in [6.45, 7) is 0.792. The van der Waals surface area contributed by atoms with Gasteiger partial charge in [0.25, 0.3) is 0 Å². The largest absolute Gasteiger partial charge is 0.310 e. The topological polar surface area (TPSA) is 44.4 Å². The molecule has 3 heterocycles. The number of fused-ring (bicyclic) bond motifs is 1. The average molecular weight is 299 g/mol. The predicted molar refractivity (Wildman–Crippen MR) is 84.2 cm³/mol. The monoisotopic (exact) mass is 299 g/mol. The van der Waals surface area contributed by atoms with Crippen LogP contribution in [-0.2, 0) is 11.2 Å². The summed E-state index contributed by atoms with van der Waals surface area (Å²) in [5.41, 5.74) is 8.76. The van der Waals surface area contributed by atoms with Crippen LogP contribution < -0.4 is 15.8 Å². The van der Waals surface area contributed by atoms with Gasteiger partial charge in [-0.25, -0.2) is 10.9 Å². The summed E-state index contributed by atoms with van der Waals surface area (Å²) >= 11 is 1.73. The number of nitrogens with one attached hydrogen (secondary N) is 2. The highest BCUT2D eigenvalue weighted by molar-refractivity contribution is 7.10. The third kappa shape index (κ3) is 2.27. The molecule has 1 aromatic carbocycles. The van der Waals surface area contributed by atoms with Gasteiger partial charge < -0.3 is 4.90 Å². The lowest BCUT2D eigenvalue weighted by atomic mass is 10.1. The van der Waals surface area contributed by atoms with E-state index in [0.29, 0.717) is 0 Å². The maximum absolute atomic E-state index is 12.8. The number of para-hydroxylation sites is 1. The number of hydrogen-bond donors (Lipinski definition) is 2. The number of nitrogens with zero attached hydrogens (tertiary/aromatic N) is 1. The highest BCUT2D eigenvalue weighted by atomic mass is 32.1. The van der Waals surface area contributed by atoms with E-state index >= 15 is 0 Å². The summed E-state index contributed by atoms with van der Waals surface area (Å²) in [7, 11) is 0. The summed E-state index contributed by atoms with van der Waals surface area (Å²) in [5.74, 6) is 0.173. The molecule has 1 saturated heterocycles. The molecule has 2 aliphatic rings. The van der Waals surface area contributed by atoms with Gasteiger partial charge in [-0.15, -0.1) is 11.3 Å². The molecule has 21 heavy (non-hydrogen) atoms. The van der Waals surface area contributed by atoms with E-state index in [1.54, 1.807) is 11.3 Å². The van der Waals surface area contributed by atoms with Gasteiger partial charge in [0.1, 0.15) is 6.04 Å². The van der Waals surface area contributed by atoms with Crippen LogP contribution in [0.5, 0.6) is 0 Å². The molecule has 2 N–H and O–H groups in total. The molecule has 1 aromatic heterocycles. The molecule has 1 amide bonds. The molecule has 2 atom stereocenters. The summed E-state index contributed by atoms with van der Waals surface area (Å²) in [6, 6.07) is 12.4. The quantitative estimate of drug-likeness (QED) is 0.894. The Morgan fingerprint density at radius 2 is 2.10 bits per heavy atom. The van der Waals surface area contributed by atoms with Crippen molar-refractivity contribution >= 4 is 22.9 Å². The minimum atomic E-state index is -0.150. The van der Waals surface area contributed by atoms with E-state index in [-0.39, 0.29) is 18.0 Å². The molecule has 4 nitrogen and oxygen atoms in total. The fraction of sp³-hybridized carbons (Fsp3) is 0.312. The van der Waals surface area contributed by atoms with Crippen LogP contribution in [0.15, 0.2) is 41.8 Å². The Morgan fingerprint density at radius 1 is 1.19 bits per heavy atom. The second-order valence-corrected chi connectivity index (χ2v) is 6.49. The lowest BCUT2D eigenvalue weighted by molar-refractivity contribution is -0.120. The highest BCUT2D eigenvalue weighted by Gasteiger charge is 2.35. The Bertz CT molecular complexity index is 655. The number of hydrazine groups is 1. The SMILES string of the molecule is O=C(C1CC(c2cccs2)NN1)N1CCc2ccccc21. The molecule has 2 aliphatic heterocycles. The Balaban J connectivity index is 1.50. The standard InChI is InChI=1S/C16H17N3OS/c20-16(19-8-7-11-4-1-2-5-14(11)19)13-10-12(17-18-13)15-6-3-9-21-15/h1-6,9,12-13,17-18H,7-8,10H2. The maximum atomic E-state index is 12.8. The molecule has 0 spiro atoms. The lowest BCUT2D eigenvalue weighted by Gasteiger charge is -2.20. The fourth-order valence-electron chi connectivity index (χ4n) is 3.15. The van der Waals surface area contributed by atoms with Crippen molar-refractivity contribution in [1.82, 2.24) is 10.9 Å². The predicted octanol–water partition coefficient (Wildman–Crippen LogP) is 2.25. The number of amides is 1. The molecule has 5 heteroatoms. The average Bonchev–Trinajstić information content (AvgIpc) is 3.25. The van der Waals surface area contributed by atoms with E-state index in [2.05, 4.69) is 28.4 Å². The van der Waals surface area contributed by atoms with Gasteiger partial charge in [0, 0.05) is 17.1 Å². The molecule has 0 radical (unpaired) electrons. The van der Waals surface area contributed by atoms with E-state index in [4.69, 9.17) is 0 Å². The first-order valence-corrected chi connectivity index (χ1v) is 8.14. The second kappa shape index (κ2) is 5.26. The summed E-state index contributed by atoms with van der Waals surface area (Å²) in [6.07, 6.45) is 1.76. The van der Waals surface area contributed by atoms with Crippen LogP contribution in [0.25, 0.3) is 0 Å². The number of rotatable bonds is 2. The first-order valence-electron chi connectivity index (χ1n) is 7.26. The van der Waals surface area contributed by atoms with Gasteiger partial charge in [-0.3, -0.25) is 4.79 Å². The Labute approximate surface area is 127 Å². The van der Waals surface area contributed by atoms with Crippen molar-refractivity contribution < 1.29 is 4.79 Å². The molecular weight excluding hydrogens is 282 g/mol. The van der Waals surface area contributed by atoms with Gasteiger partial charge in [0.15, 0.2) is 0 Å². The number of carbonyl (C=O) groups is 1. The molecule has 4 rings (SSSR count). The zero-order valence-corrected chi connectivity index (χ0v) is 12.4. The number of benzene rings is 1. The van der Waals surface area contributed by atoms with Crippen LogP contribution in [0.4, 0.5) is 5.69 Å². The van der Waals surface area contributed by atoms with Gasteiger partial charge in [0.2, 0.25) is 5.91 Å². The number of hydrogen-bond acceptors (Lipinski definition) is 4. The molecule has 0 saturated carbocycles. The lowest BCUT2D eigenvalue weighted by Crippen LogP contribution is -2.45.